The Morgan fingerprint density at radius 2 is 1.71 bits per heavy atom. The van der Waals surface area contributed by atoms with Crippen molar-refractivity contribution in [1.29, 1.82) is 0 Å². The number of H-pyrrole nitrogens is 1. The minimum atomic E-state index is -0.522. The number of para-hydroxylation sites is 1. The molecule has 0 saturated carbocycles. The minimum Gasteiger partial charge on any atom is -0.353 e. The molecule has 7 nitrogen and oxygen atoms in total. The smallest absolute Gasteiger partial charge is 0.269 e. The molecule has 138 valence electrons. The molecular formula is C21H16N4O3. The highest BCUT2D eigenvalue weighted by molar-refractivity contribution is 6.15. The van der Waals surface area contributed by atoms with Crippen molar-refractivity contribution in [1.82, 2.24) is 14.6 Å². The van der Waals surface area contributed by atoms with E-state index in [1.54, 1.807) is 19.1 Å². The highest BCUT2D eigenvalue weighted by Gasteiger charge is 2.28. The van der Waals surface area contributed by atoms with Gasteiger partial charge in [-0.3, -0.25) is 19.0 Å². The molecule has 0 fully saturated rings. The zero-order chi connectivity index (χ0) is 19.4. The van der Waals surface area contributed by atoms with Crippen LogP contribution < -0.4 is 5.56 Å². The lowest BCUT2D eigenvalue weighted by atomic mass is 10.1. The quantitative estimate of drug-likeness (QED) is 0.587. The predicted molar refractivity (Wildman–Crippen MR) is 107 cm³/mol. The molecule has 1 aliphatic heterocycles. The summed E-state index contributed by atoms with van der Waals surface area (Å²) in [5.74, 6) is -0.891. The van der Waals surface area contributed by atoms with E-state index in [1.807, 2.05) is 36.4 Å². The van der Waals surface area contributed by atoms with Gasteiger partial charge in [0.1, 0.15) is 6.54 Å². The zero-order valence-electron chi connectivity index (χ0n) is 15.1. The molecule has 0 bridgehead atoms. The highest BCUT2D eigenvalue weighted by atomic mass is 16.2. The number of hydrogen-bond donors (Lipinski definition) is 1. The van der Waals surface area contributed by atoms with Crippen molar-refractivity contribution < 1.29 is 9.59 Å². The number of benzene rings is 2. The Morgan fingerprint density at radius 3 is 2.43 bits per heavy atom. The maximum Gasteiger partial charge on any atom is 0.269 e. The van der Waals surface area contributed by atoms with Gasteiger partial charge in [-0.25, -0.2) is 0 Å². The second kappa shape index (κ2) is 5.88. The number of pyridine rings is 1. The van der Waals surface area contributed by atoms with Crippen LogP contribution in [-0.4, -0.2) is 32.1 Å². The SMILES string of the molecule is CC1=NN(C(=O)Cn2c(=O)c3ccccc3c3[nH]c4ccccc4c32)C(=O)C1. The van der Waals surface area contributed by atoms with Crippen molar-refractivity contribution in [2.75, 3.05) is 0 Å². The molecule has 3 heterocycles. The third-order valence-electron chi connectivity index (χ3n) is 5.06. The van der Waals surface area contributed by atoms with Gasteiger partial charge in [0.15, 0.2) is 0 Å². The number of carbonyl (C=O) groups is 2. The number of aromatic nitrogens is 2. The summed E-state index contributed by atoms with van der Waals surface area (Å²) in [6, 6.07) is 14.9. The maximum absolute atomic E-state index is 13.2. The van der Waals surface area contributed by atoms with Crippen LogP contribution in [0, 0.1) is 0 Å². The van der Waals surface area contributed by atoms with E-state index in [9.17, 15) is 14.4 Å². The van der Waals surface area contributed by atoms with Crippen molar-refractivity contribution in [3.8, 4) is 0 Å². The van der Waals surface area contributed by atoms with Crippen LogP contribution in [0.4, 0.5) is 0 Å². The minimum absolute atomic E-state index is 0.126. The molecule has 5 rings (SSSR count). The molecule has 0 saturated heterocycles. The number of hydrazone groups is 1. The van der Waals surface area contributed by atoms with E-state index in [-0.39, 0.29) is 24.4 Å². The van der Waals surface area contributed by atoms with E-state index < -0.39 is 5.91 Å². The zero-order valence-corrected chi connectivity index (χ0v) is 15.1. The normalized spacial score (nSPS) is 14.4. The summed E-state index contributed by atoms with van der Waals surface area (Å²) >= 11 is 0. The van der Waals surface area contributed by atoms with Crippen LogP contribution in [0.25, 0.3) is 32.7 Å². The summed E-state index contributed by atoms with van der Waals surface area (Å²) in [4.78, 5) is 41.4. The number of aromatic amines is 1. The topological polar surface area (TPSA) is 87.5 Å². The second-order valence-corrected chi connectivity index (χ2v) is 6.94. The van der Waals surface area contributed by atoms with E-state index >= 15 is 0 Å². The van der Waals surface area contributed by atoms with Gasteiger partial charge in [0.05, 0.1) is 17.5 Å². The van der Waals surface area contributed by atoms with E-state index in [2.05, 4.69) is 10.1 Å². The van der Waals surface area contributed by atoms with Gasteiger partial charge >= 0.3 is 0 Å². The average molecular weight is 372 g/mol. The van der Waals surface area contributed by atoms with Crippen LogP contribution in [0.3, 0.4) is 0 Å². The number of nitrogens with zero attached hydrogens (tertiary/aromatic N) is 3. The summed E-state index contributed by atoms with van der Waals surface area (Å²) in [6.45, 7) is 1.44. The fourth-order valence-electron chi connectivity index (χ4n) is 3.84. The number of fused-ring (bicyclic) bond motifs is 5. The molecule has 2 aromatic carbocycles. The van der Waals surface area contributed by atoms with Gasteiger partial charge in [0.25, 0.3) is 17.4 Å². The Balaban J connectivity index is 1.79. The van der Waals surface area contributed by atoms with Gasteiger partial charge in [-0.2, -0.15) is 10.1 Å². The number of imide groups is 1. The lowest BCUT2D eigenvalue weighted by Crippen LogP contribution is -2.35. The summed E-state index contributed by atoms with van der Waals surface area (Å²) in [7, 11) is 0. The Morgan fingerprint density at radius 1 is 1.04 bits per heavy atom. The number of carbonyl (C=O) groups excluding carboxylic acids is 2. The summed E-state index contributed by atoms with van der Waals surface area (Å²) in [5, 5.41) is 7.05. The molecule has 0 aliphatic carbocycles. The molecule has 0 radical (unpaired) electrons. The fourth-order valence-corrected chi connectivity index (χ4v) is 3.84. The van der Waals surface area contributed by atoms with E-state index in [4.69, 9.17) is 0 Å². The lowest BCUT2D eigenvalue weighted by Gasteiger charge is -2.14. The molecule has 1 aliphatic rings. The van der Waals surface area contributed by atoms with Crippen molar-refractivity contribution in [3.63, 3.8) is 0 Å². The number of hydrogen-bond acceptors (Lipinski definition) is 4. The van der Waals surface area contributed by atoms with Gasteiger partial charge in [-0.05, 0) is 19.1 Å². The third-order valence-corrected chi connectivity index (χ3v) is 5.06. The first-order chi connectivity index (χ1) is 13.5. The monoisotopic (exact) mass is 372 g/mol. The second-order valence-electron chi connectivity index (χ2n) is 6.94. The number of nitrogens with one attached hydrogen (secondary N) is 1. The Hall–Kier alpha value is -3.74. The largest absolute Gasteiger partial charge is 0.353 e. The standard InChI is InChI=1S/C21H16N4O3/c1-12-10-17(26)25(23-12)18(27)11-24-20-15-8-4-5-9-16(15)22-19(20)13-6-2-3-7-14(13)21(24)28/h2-9,22H,10-11H2,1H3. The van der Waals surface area contributed by atoms with Gasteiger partial charge in [0, 0.05) is 27.4 Å². The van der Waals surface area contributed by atoms with Crippen LogP contribution >= 0.6 is 0 Å². The molecule has 2 amide bonds. The fraction of sp³-hybridized carbons (Fsp3) is 0.143. The molecule has 2 aromatic heterocycles. The van der Waals surface area contributed by atoms with E-state index in [1.165, 1.54) is 4.57 Å². The molecule has 0 unspecified atom stereocenters. The number of rotatable bonds is 2. The maximum atomic E-state index is 13.2. The number of amides is 2. The van der Waals surface area contributed by atoms with Crippen LogP contribution in [0.2, 0.25) is 0 Å². The third kappa shape index (κ3) is 2.29. The highest BCUT2D eigenvalue weighted by Crippen LogP contribution is 2.29. The van der Waals surface area contributed by atoms with E-state index in [0.29, 0.717) is 16.6 Å². The Labute approximate surface area is 158 Å². The van der Waals surface area contributed by atoms with Crippen molar-refractivity contribution in [2.45, 2.75) is 19.9 Å². The van der Waals surface area contributed by atoms with Gasteiger partial charge in [-0.1, -0.05) is 36.4 Å². The predicted octanol–water partition coefficient (Wildman–Crippen LogP) is 2.77. The van der Waals surface area contributed by atoms with Crippen molar-refractivity contribution in [2.24, 2.45) is 5.10 Å². The van der Waals surface area contributed by atoms with Gasteiger partial charge < -0.3 is 4.98 Å². The van der Waals surface area contributed by atoms with Crippen molar-refractivity contribution in [3.05, 3.63) is 58.9 Å². The summed E-state index contributed by atoms with van der Waals surface area (Å²) in [6.07, 6.45) is 0.126. The Bertz CT molecular complexity index is 1390. The first kappa shape index (κ1) is 16.4. The lowest BCUT2D eigenvalue weighted by molar-refractivity contribution is -0.143. The van der Waals surface area contributed by atoms with Crippen molar-refractivity contribution >= 4 is 50.2 Å². The van der Waals surface area contributed by atoms with Crippen LogP contribution in [0.15, 0.2) is 58.4 Å². The van der Waals surface area contributed by atoms with Crippen LogP contribution in [0.1, 0.15) is 13.3 Å². The molecule has 7 heteroatoms. The van der Waals surface area contributed by atoms with Crippen LogP contribution in [0.5, 0.6) is 0 Å². The molecule has 0 atom stereocenters. The molecule has 4 aromatic rings. The van der Waals surface area contributed by atoms with Crippen LogP contribution in [-0.2, 0) is 16.1 Å². The van der Waals surface area contributed by atoms with E-state index in [0.717, 1.165) is 26.8 Å². The molecule has 28 heavy (non-hydrogen) atoms. The van der Waals surface area contributed by atoms with Gasteiger partial charge in [0.2, 0.25) is 0 Å². The summed E-state index contributed by atoms with van der Waals surface area (Å²) < 4.78 is 1.44. The summed E-state index contributed by atoms with van der Waals surface area (Å²) in [5.41, 5.74) is 2.63. The van der Waals surface area contributed by atoms with Gasteiger partial charge in [-0.15, -0.1) is 0 Å². The molecule has 1 N–H and O–H groups in total. The molecular weight excluding hydrogens is 356 g/mol. The molecule has 0 spiro atoms. The first-order valence-corrected chi connectivity index (χ1v) is 8.96. The average Bonchev–Trinajstić information content (AvgIpc) is 3.25. The first-order valence-electron chi connectivity index (χ1n) is 8.96. The Kier molecular flexibility index (Phi) is 3.45.